The van der Waals surface area contributed by atoms with Gasteiger partial charge in [-0.2, -0.15) is 5.10 Å². The Kier molecular flexibility index (Phi) is 3.76. The molecular formula is C14H21N3OS. The number of nitrogens with zero attached hydrogens (tertiary/aromatic N) is 3. The topological polar surface area (TPSA) is 35.9 Å². The zero-order valence-corrected chi connectivity index (χ0v) is 13.0. The molecule has 19 heavy (non-hydrogen) atoms. The van der Waals surface area contributed by atoms with Gasteiger partial charge in [0.15, 0.2) is 0 Å². The zero-order valence-electron chi connectivity index (χ0n) is 12.2. The maximum Gasteiger partial charge on any atom is 0.275 e. The molecule has 2 heterocycles. The highest BCUT2D eigenvalue weighted by Crippen LogP contribution is 2.29. The fourth-order valence-electron chi connectivity index (χ4n) is 2.07. The fraction of sp³-hybridized carbons (Fsp3) is 0.571. The molecule has 4 nitrogen and oxygen atoms in total. The number of carbonyl (C=O) groups is 1. The highest BCUT2D eigenvalue weighted by atomic mass is 32.2. The average Bonchev–Trinajstić information content (AvgIpc) is 2.82. The summed E-state index contributed by atoms with van der Waals surface area (Å²) in [5.74, 6) is 1.09. The van der Waals surface area contributed by atoms with Crippen LogP contribution in [0.4, 0.5) is 0 Å². The van der Waals surface area contributed by atoms with Crippen LogP contribution in [0, 0.1) is 5.41 Å². The van der Waals surface area contributed by atoms with Crippen molar-refractivity contribution < 1.29 is 4.79 Å². The van der Waals surface area contributed by atoms with Crippen molar-refractivity contribution in [2.75, 3.05) is 26.4 Å². The lowest BCUT2D eigenvalue weighted by Crippen LogP contribution is -2.23. The number of hydrazone groups is 1. The van der Waals surface area contributed by atoms with Gasteiger partial charge in [0.25, 0.3) is 5.91 Å². The van der Waals surface area contributed by atoms with Crippen LogP contribution in [0.25, 0.3) is 0 Å². The molecule has 0 aliphatic carbocycles. The highest BCUT2D eigenvalue weighted by molar-refractivity contribution is 8.03. The number of carbonyl (C=O) groups excluding carboxylic acids is 1. The average molecular weight is 279 g/mol. The van der Waals surface area contributed by atoms with Crippen LogP contribution < -0.4 is 0 Å². The molecule has 0 unspecified atom stereocenters. The van der Waals surface area contributed by atoms with Crippen LogP contribution in [-0.2, 0) is 4.79 Å². The van der Waals surface area contributed by atoms with Crippen molar-refractivity contribution in [1.29, 1.82) is 0 Å². The highest BCUT2D eigenvalue weighted by Gasteiger charge is 2.34. The van der Waals surface area contributed by atoms with E-state index < -0.39 is 0 Å². The van der Waals surface area contributed by atoms with Gasteiger partial charge < -0.3 is 4.90 Å². The summed E-state index contributed by atoms with van der Waals surface area (Å²) >= 11 is 1.82. The monoisotopic (exact) mass is 279 g/mol. The van der Waals surface area contributed by atoms with Crippen LogP contribution in [0.15, 0.2) is 27.9 Å². The molecule has 1 saturated heterocycles. The second kappa shape index (κ2) is 5.04. The van der Waals surface area contributed by atoms with Crippen molar-refractivity contribution in [1.82, 2.24) is 9.91 Å². The van der Waals surface area contributed by atoms with Gasteiger partial charge in [-0.15, -0.1) is 11.8 Å². The fourth-order valence-corrected chi connectivity index (χ4v) is 3.12. The molecule has 0 aromatic carbocycles. The van der Waals surface area contributed by atoms with Gasteiger partial charge in [-0.1, -0.05) is 20.8 Å². The van der Waals surface area contributed by atoms with Gasteiger partial charge >= 0.3 is 0 Å². The van der Waals surface area contributed by atoms with Crippen LogP contribution >= 0.6 is 11.8 Å². The van der Waals surface area contributed by atoms with E-state index in [9.17, 15) is 4.79 Å². The summed E-state index contributed by atoms with van der Waals surface area (Å²) in [7, 11) is 3.78. The van der Waals surface area contributed by atoms with Crippen LogP contribution in [-0.4, -0.2) is 47.9 Å². The zero-order chi connectivity index (χ0) is 14.2. The minimum absolute atomic E-state index is 0.0209. The van der Waals surface area contributed by atoms with Crippen LogP contribution in [0.1, 0.15) is 20.8 Å². The maximum absolute atomic E-state index is 12.1. The number of hydrogen-bond acceptors (Lipinski definition) is 4. The Hall–Kier alpha value is -1.23. The molecule has 0 bridgehead atoms. The van der Waals surface area contributed by atoms with Crippen LogP contribution in [0.5, 0.6) is 0 Å². The minimum atomic E-state index is -0.126. The standard InChI is InChI=1S/C14H21N3OS/c1-14(2,3)12-10(13(18)17(5)15-12)6-7-11-16(4)8-9-19-11/h6-7H,8-9H2,1-5H3/b10-6+,11-7+. The number of amides is 1. The van der Waals surface area contributed by atoms with E-state index >= 15 is 0 Å². The molecule has 0 spiro atoms. The molecule has 0 radical (unpaired) electrons. The number of hydrogen-bond donors (Lipinski definition) is 0. The first-order valence-corrected chi connectivity index (χ1v) is 7.42. The number of allylic oxidation sites excluding steroid dienone is 2. The van der Waals surface area contributed by atoms with E-state index in [0.717, 1.165) is 18.0 Å². The summed E-state index contributed by atoms with van der Waals surface area (Å²) in [4.78, 5) is 14.3. The normalized spacial score (nSPS) is 24.9. The molecule has 1 fully saturated rings. The van der Waals surface area contributed by atoms with E-state index in [1.54, 1.807) is 7.05 Å². The van der Waals surface area contributed by atoms with Crippen molar-refractivity contribution in [2.45, 2.75) is 20.8 Å². The van der Waals surface area contributed by atoms with E-state index in [2.05, 4.69) is 37.8 Å². The Morgan fingerprint density at radius 3 is 2.47 bits per heavy atom. The first-order chi connectivity index (χ1) is 8.80. The molecule has 0 N–H and O–H groups in total. The summed E-state index contributed by atoms with van der Waals surface area (Å²) in [6, 6.07) is 0. The van der Waals surface area contributed by atoms with Gasteiger partial charge in [0.1, 0.15) is 0 Å². The molecule has 5 heteroatoms. The number of rotatable bonds is 1. The summed E-state index contributed by atoms with van der Waals surface area (Å²) in [5, 5.41) is 7.01. The van der Waals surface area contributed by atoms with Gasteiger partial charge in [-0.25, -0.2) is 5.01 Å². The largest absolute Gasteiger partial charge is 0.369 e. The summed E-state index contributed by atoms with van der Waals surface area (Å²) in [6.07, 6.45) is 3.95. The van der Waals surface area contributed by atoms with E-state index in [4.69, 9.17) is 0 Å². The lowest BCUT2D eigenvalue weighted by Gasteiger charge is -2.17. The Balaban J connectivity index is 2.32. The van der Waals surface area contributed by atoms with Crippen molar-refractivity contribution in [3.63, 3.8) is 0 Å². The van der Waals surface area contributed by atoms with Crippen LogP contribution in [0.3, 0.4) is 0 Å². The molecule has 0 saturated carbocycles. The van der Waals surface area contributed by atoms with Gasteiger partial charge in [0, 0.05) is 31.8 Å². The molecule has 0 aromatic heterocycles. The summed E-state index contributed by atoms with van der Waals surface area (Å²) in [5.41, 5.74) is 1.45. The van der Waals surface area contributed by atoms with Crippen molar-refractivity contribution >= 4 is 23.4 Å². The van der Waals surface area contributed by atoms with Crippen LogP contribution in [0.2, 0.25) is 0 Å². The maximum atomic E-state index is 12.1. The minimum Gasteiger partial charge on any atom is -0.369 e. The van der Waals surface area contributed by atoms with Gasteiger partial charge in [0.2, 0.25) is 0 Å². The Morgan fingerprint density at radius 1 is 1.26 bits per heavy atom. The number of likely N-dealkylation sites (N-methyl/N-ethyl adjacent to an activating group) is 1. The molecular weight excluding hydrogens is 258 g/mol. The molecule has 0 aromatic rings. The van der Waals surface area contributed by atoms with Crippen molar-refractivity contribution in [3.8, 4) is 0 Å². The predicted molar refractivity (Wildman–Crippen MR) is 80.9 cm³/mol. The second-order valence-corrected chi connectivity index (χ2v) is 7.00. The third-order valence-electron chi connectivity index (χ3n) is 3.19. The van der Waals surface area contributed by atoms with Gasteiger partial charge in [-0.05, 0) is 12.2 Å². The predicted octanol–water partition coefficient (Wildman–Crippen LogP) is 2.31. The van der Waals surface area contributed by atoms with E-state index in [0.29, 0.717) is 5.57 Å². The van der Waals surface area contributed by atoms with E-state index in [1.807, 2.05) is 23.9 Å². The summed E-state index contributed by atoms with van der Waals surface area (Å²) < 4.78 is 0. The lowest BCUT2D eigenvalue weighted by molar-refractivity contribution is -0.124. The van der Waals surface area contributed by atoms with Crippen molar-refractivity contribution in [3.05, 3.63) is 22.8 Å². The third kappa shape index (κ3) is 2.86. The second-order valence-electron chi connectivity index (χ2n) is 5.88. The molecule has 1 amide bonds. The van der Waals surface area contributed by atoms with E-state index in [1.165, 1.54) is 10.0 Å². The first kappa shape index (κ1) is 14.2. The molecule has 2 aliphatic heterocycles. The molecule has 2 aliphatic rings. The molecule has 104 valence electrons. The SMILES string of the molecule is CN1N=C(C(C)(C)C)/C(=C\C=C2\SCCN2C)C1=O. The van der Waals surface area contributed by atoms with Gasteiger partial charge in [-0.3, -0.25) is 4.79 Å². The lowest BCUT2D eigenvalue weighted by atomic mass is 9.85. The Bertz CT molecular complexity index is 485. The van der Waals surface area contributed by atoms with E-state index in [-0.39, 0.29) is 11.3 Å². The summed E-state index contributed by atoms with van der Waals surface area (Å²) in [6.45, 7) is 7.30. The Morgan fingerprint density at radius 2 is 1.95 bits per heavy atom. The first-order valence-electron chi connectivity index (χ1n) is 6.44. The molecule has 0 atom stereocenters. The smallest absolute Gasteiger partial charge is 0.275 e. The number of thioether (sulfide) groups is 1. The van der Waals surface area contributed by atoms with Gasteiger partial charge in [0.05, 0.1) is 16.3 Å². The third-order valence-corrected chi connectivity index (χ3v) is 4.32. The Labute approximate surface area is 119 Å². The quantitative estimate of drug-likeness (QED) is 0.691. The molecule has 2 rings (SSSR count). The van der Waals surface area contributed by atoms with Crippen molar-refractivity contribution in [2.24, 2.45) is 10.5 Å².